The average molecular weight is 306 g/mol. The van der Waals surface area contributed by atoms with Gasteiger partial charge in [-0.25, -0.2) is 0 Å². The van der Waals surface area contributed by atoms with Crippen molar-refractivity contribution in [2.45, 2.75) is 31.8 Å². The Bertz CT molecular complexity index is 278. The van der Waals surface area contributed by atoms with Gasteiger partial charge in [-0.3, -0.25) is 4.79 Å². The molecule has 2 aliphatic heterocycles. The Kier molecular flexibility index (Phi) is 8.45. The average Bonchev–Trinajstić information content (AvgIpc) is 2.93. The fourth-order valence-electron chi connectivity index (χ4n) is 2.89. The minimum absolute atomic E-state index is 0. The molecule has 0 radical (unpaired) electrons. The molecule has 0 aromatic carbocycles. The van der Waals surface area contributed by atoms with Gasteiger partial charge in [0.15, 0.2) is 0 Å². The maximum Gasteiger partial charge on any atom is 0.236 e. The molecule has 0 spiro atoms. The summed E-state index contributed by atoms with van der Waals surface area (Å²) in [6.07, 6.45) is 4.99. The number of piperidine rings is 1. The van der Waals surface area contributed by atoms with Gasteiger partial charge in [-0.15, -0.1) is 12.4 Å². The number of ether oxygens (including phenoxy) is 1. The van der Waals surface area contributed by atoms with Gasteiger partial charge >= 0.3 is 0 Å². The van der Waals surface area contributed by atoms with Crippen molar-refractivity contribution in [3.05, 3.63) is 0 Å². The predicted octanol–water partition coefficient (Wildman–Crippen LogP) is 0.731. The lowest BCUT2D eigenvalue weighted by molar-refractivity contribution is -0.132. The number of carbonyl (C=O) groups excluding carboxylic acids is 1. The molecule has 1 N–H and O–H groups in total. The van der Waals surface area contributed by atoms with Gasteiger partial charge in [0.25, 0.3) is 0 Å². The van der Waals surface area contributed by atoms with Crippen LogP contribution in [0, 0.1) is 0 Å². The summed E-state index contributed by atoms with van der Waals surface area (Å²) in [4.78, 5) is 16.1. The molecule has 2 heterocycles. The minimum Gasteiger partial charge on any atom is -0.377 e. The Hall–Kier alpha value is -0.360. The smallest absolute Gasteiger partial charge is 0.236 e. The maximum absolute atomic E-state index is 11.7. The summed E-state index contributed by atoms with van der Waals surface area (Å²) in [5.74, 6) is 0.206. The Labute approximate surface area is 128 Å². The SMILES string of the molecule is CNCC(=O)N1CCC(OCCN2CCCC2)CC1.Cl. The summed E-state index contributed by atoms with van der Waals surface area (Å²) in [6.45, 7) is 6.51. The van der Waals surface area contributed by atoms with Crippen LogP contribution in [0.15, 0.2) is 0 Å². The highest BCUT2D eigenvalue weighted by atomic mass is 35.5. The second-order valence-electron chi connectivity index (χ2n) is 5.53. The molecule has 20 heavy (non-hydrogen) atoms. The number of likely N-dealkylation sites (N-methyl/N-ethyl adjacent to an activating group) is 1. The molecule has 0 aromatic rings. The highest BCUT2D eigenvalue weighted by Crippen LogP contribution is 2.14. The molecule has 2 fully saturated rings. The van der Waals surface area contributed by atoms with Crippen molar-refractivity contribution < 1.29 is 9.53 Å². The monoisotopic (exact) mass is 305 g/mol. The summed E-state index contributed by atoms with van der Waals surface area (Å²) in [7, 11) is 1.81. The van der Waals surface area contributed by atoms with Crippen molar-refractivity contribution in [2.75, 3.05) is 52.9 Å². The van der Waals surface area contributed by atoms with Crippen molar-refractivity contribution in [2.24, 2.45) is 0 Å². The highest BCUT2D eigenvalue weighted by Gasteiger charge is 2.22. The normalized spacial score (nSPS) is 20.9. The Morgan fingerprint density at radius 3 is 2.45 bits per heavy atom. The number of nitrogens with one attached hydrogen (secondary N) is 1. The van der Waals surface area contributed by atoms with Crippen LogP contribution >= 0.6 is 12.4 Å². The molecule has 0 aromatic heterocycles. The standard InChI is InChI=1S/C14H27N3O2.ClH/c1-15-12-14(18)17-8-4-13(5-9-17)19-11-10-16-6-2-3-7-16;/h13,15H,2-12H2,1H3;1H. The molecule has 118 valence electrons. The fourth-order valence-corrected chi connectivity index (χ4v) is 2.89. The van der Waals surface area contributed by atoms with Crippen LogP contribution in [0.2, 0.25) is 0 Å². The number of likely N-dealkylation sites (tertiary alicyclic amines) is 2. The maximum atomic E-state index is 11.7. The lowest BCUT2D eigenvalue weighted by Crippen LogP contribution is -2.44. The minimum atomic E-state index is 0. The molecule has 0 unspecified atom stereocenters. The predicted molar refractivity (Wildman–Crippen MR) is 82.4 cm³/mol. The number of carbonyl (C=O) groups is 1. The number of halogens is 1. The second-order valence-corrected chi connectivity index (χ2v) is 5.53. The van der Waals surface area contributed by atoms with Crippen LogP contribution in [0.25, 0.3) is 0 Å². The third-order valence-corrected chi connectivity index (χ3v) is 4.08. The van der Waals surface area contributed by atoms with Gasteiger partial charge in [0.1, 0.15) is 0 Å². The molecule has 0 bridgehead atoms. The van der Waals surface area contributed by atoms with Gasteiger partial charge in [0.05, 0.1) is 19.3 Å². The van der Waals surface area contributed by atoms with Crippen LogP contribution in [0.4, 0.5) is 0 Å². The summed E-state index contributed by atoms with van der Waals surface area (Å²) in [5, 5.41) is 2.91. The molecule has 1 amide bonds. The van der Waals surface area contributed by atoms with Crippen LogP contribution in [-0.2, 0) is 9.53 Å². The number of hydrogen-bond acceptors (Lipinski definition) is 4. The van der Waals surface area contributed by atoms with E-state index in [1.807, 2.05) is 11.9 Å². The molecular formula is C14H28ClN3O2. The molecule has 2 saturated heterocycles. The molecular weight excluding hydrogens is 278 g/mol. The van der Waals surface area contributed by atoms with E-state index >= 15 is 0 Å². The summed E-state index contributed by atoms with van der Waals surface area (Å²) >= 11 is 0. The van der Waals surface area contributed by atoms with Crippen LogP contribution in [0.3, 0.4) is 0 Å². The van der Waals surface area contributed by atoms with Gasteiger partial charge in [-0.1, -0.05) is 0 Å². The Morgan fingerprint density at radius 1 is 1.20 bits per heavy atom. The zero-order chi connectivity index (χ0) is 13.5. The highest BCUT2D eigenvalue weighted by molar-refractivity contribution is 5.85. The van der Waals surface area contributed by atoms with E-state index in [9.17, 15) is 4.79 Å². The molecule has 0 aliphatic carbocycles. The van der Waals surface area contributed by atoms with E-state index in [4.69, 9.17) is 4.74 Å². The summed E-state index contributed by atoms with van der Waals surface area (Å²) in [5.41, 5.74) is 0. The molecule has 2 aliphatic rings. The van der Waals surface area contributed by atoms with Gasteiger partial charge in [-0.2, -0.15) is 0 Å². The van der Waals surface area contributed by atoms with E-state index < -0.39 is 0 Å². The first-order chi connectivity index (χ1) is 9.29. The third kappa shape index (κ3) is 5.56. The van der Waals surface area contributed by atoms with Crippen LogP contribution in [-0.4, -0.2) is 74.7 Å². The molecule has 5 nitrogen and oxygen atoms in total. The Morgan fingerprint density at radius 2 is 1.85 bits per heavy atom. The quantitative estimate of drug-likeness (QED) is 0.786. The van der Waals surface area contributed by atoms with Crippen molar-refractivity contribution in [1.82, 2.24) is 15.1 Å². The second kappa shape index (κ2) is 9.55. The van der Waals surface area contributed by atoms with Crippen molar-refractivity contribution in [1.29, 1.82) is 0 Å². The summed E-state index contributed by atoms with van der Waals surface area (Å²) in [6, 6.07) is 0. The van der Waals surface area contributed by atoms with E-state index in [2.05, 4.69) is 10.2 Å². The van der Waals surface area contributed by atoms with Crippen LogP contribution in [0.1, 0.15) is 25.7 Å². The third-order valence-electron chi connectivity index (χ3n) is 4.08. The van der Waals surface area contributed by atoms with Gasteiger partial charge in [-0.05, 0) is 45.8 Å². The zero-order valence-electron chi connectivity index (χ0n) is 12.5. The molecule has 0 atom stereocenters. The van der Waals surface area contributed by atoms with Gasteiger partial charge in [0.2, 0.25) is 5.91 Å². The lowest BCUT2D eigenvalue weighted by atomic mass is 10.1. The van der Waals surface area contributed by atoms with Crippen molar-refractivity contribution in [3.8, 4) is 0 Å². The van der Waals surface area contributed by atoms with Gasteiger partial charge in [0, 0.05) is 19.6 Å². The first-order valence-electron chi connectivity index (χ1n) is 7.56. The van der Waals surface area contributed by atoms with E-state index in [0.29, 0.717) is 12.6 Å². The number of nitrogens with zero attached hydrogens (tertiary/aromatic N) is 2. The van der Waals surface area contributed by atoms with E-state index in [0.717, 1.165) is 39.1 Å². The van der Waals surface area contributed by atoms with Crippen molar-refractivity contribution >= 4 is 18.3 Å². The van der Waals surface area contributed by atoms with Gasteiger partial charge < -0.3 is 19.9 Å². The van der Waals surface area contributed by atoms with E-state index in [1.165, 1.54) is 25.9 Å². The first-order valence-corrected chi connectivity index (χ1v) is 7.56. The topological polar surface area (TPSA) is 44.8 Å². The largest absolute Gasteiger partial charge is 0.377 e. The zero-order valence-corrected chi connectivity index (χ0v) is 13.3. The number of rotatable bonds is 6. The van der Waals surface area contributed by atoms with Crippen molar-refractivity contribution in [3.63, 3.8) is 0 Å². The van der Waals surface area contributed by atoms with Crippen LogP contribution < -0.4 is 5.32 Å². The number of hydrogen-bond donors (Lipinski definition) is 1. The van der Waals surface area contributed by atoms with E-state index in [-0.39, 0.29) is 18.3 Å². The van der Waals surface area contributed by atoms with Crippen LogP contribution in [0.5, 0.6) is 0 Å². The molecule has 2 rings (SSSR count). The lowest BCUT2D eigenvalue weighted by Gasteiger charge is -2.32. The summed E-state index contributed by atoms with van der Waals surface area (Å²) < 4.78 is 5.94. The first kappa shape index (κ1) is 17.7. The molecule has 6 heteroatoms. The molecule has 0 saturated carbocycles. The van der Waals surface area contributed by atoms with E-state index in [1.54, 1.807) is 0 Å². The number of amides is 1. The fraction of sp³-hybridized carbons (Fsp3) is 0.929. The Balaban J connectivity index is 0.00000200.